The van der Waals surface area contributed by atoms with Crippen LogP contribution >= 0.6 is 0 Å². The number of nitrogens with zero attached hydrogens (tertiary/aromatic N) is 1. The van der Waals surface area contributed by atoms with Crippen LogP contribution in [0, 0.1) is 19.7 Å². The first-order chi connectivity index (χ1) is 11.8. The summed E-state index contributed by atoms with van der Waals surface area (Å²) in [6.07, 6.45) is 1.50. The van der Waals surface area contributed by atoms with Crippen molar-refractivity contribution < 1.29 is 17.6 Å². The zero-order valence-corrected chi connectivity index (χ0v) is 14.8. The first kappa shape index (κ1) is 17.4. The molecule has 2 aromatic rings. The number of hydrogen-bond acceptors (Lipinski definition) is 3. The number of benzene rings is 2. The van der Waals surface area contributed by atoms with E-state index in [9.17, 15) is 17.6 Å². The van der Waals surface area contributed by atoms with Gasteiger partial charge in [0.25, 0.3) is 5.91 Å². The first-order valence-corrected chi connectivity index (χ1v) is 9.56. The van der Waals surface area contributed by atoms with Gasteiger partial charge in [-0.1, -0.05) is 6.07 Å². The number of carbonyl (C=O) groups is 1. The van der Waals surface area contributed by atoms with Gasteiger partial charge in [-0.2, -0.15) is 0 Å². The van der Waals surface area contributed by atoms with E-state index in [4.69, 9.17) is 0 Å². The fourth-order valence-electron chi connectivity index (χ4n) is 2.79. The second-order valence-corrected chi connectivity index (χ2v) is 8.11. The van der Waals surface area contributed by atoms with E-state index in [0.29, 0.717) is 11.3 Å². The molecule has 130 valence electrons. The van der Waals surface area contributed by atoms with Crippen molar-refractivity contribution in [3.05, 3.63) is 76.5 Å². The Morgan fingerprint density at radius 3 is 2.32 bits per heavy atom. The highest BCUT2D eigenvalue weighted by molar-refractivity contribution is 7.94. The summed E-state index contributed by atoms with van der Waals surface area (Å²) in [5.41, 5.74) is 2.95. The third-order valence-electron chi connectivity index (χ3n) is 4.32. The molecule has 0 aromatic heterocycles. The van der Waals surface area contributed by atoms with Crippen molar-refractivity contribution in [1.29, 1.82) is 0 Å². The molecule has 0 saturated heterocycles. The highest BCUT2D eigenvalue weighted by Gasteiger charge is 2.32. The van der Waals surface area contributed by atoms with Crippen molar-refractivity contribution in [1.82, 2.24) is 0 Å². The lowest BCUT2D eigenvalue weighted by molar-refractivity contribution is 0.0983. The fraction of sp³-hybridized carbons (Fsp3) is 0.211. The molecule has 0 bridgehead atoms. The van der Waals surface area contributed by atoms with Gasteiger partial charge in [-0.15, -0.1) is 0 Å². The molecule has 0 aliphatic carbocycles. The minimum absolute atomic E-state index is 0.180. The van der Waals surface area contributed by atoms with Crippen molar-refractivity contribution >= 4 is 21.4 Å². The monoisotopic (exact) mass is 359 g/mol. The van der Waals surface area contributed by atoms with Crippen molar-refractivity contribution in [3.63, 3.8) is 0 Å². The van der Waals surface area contributed by atoms with Crippen LogP contribution in [0.4, 0.5) is 10.1 Å². The van der Waals surface area contributed by atoms with E-state index < -0.39 is 21.7 Å². The molecule has 0 unspecified atom stereocenters. The summed E-state index contributed by atoms with van der Waals surface area (Å²) in [4.78, 5) is 14.5. The molecule has 1 heterocycles. The average molecular weight is 359 g/mol. The van der Waals surface area contributed by atoms with Gasteiger partial charge < -0.3 is 4.90 Å². The van der Waals surface area contributed by atoms with Crippen LogP contribution in [-0.4, -0.2) is 26.1 Å². The maximum absolute atomic E-state index is 13.3. The predicted molar refractivity (Wildman–Crippen MR) is 95.8 cm³/mol. The summed E-state index contributed by atoms with van der Waals surface area (Å²) in [6, 6.07) is 10.2. The molecule has 0 spiro atoms. The molecule has 1 atom stereocenters. The number of rotatable bonds is 3. The van der Waals surface area contributed by atoms with E-state index in [0.717, 1.165) is 16.5 Å². The molecule has 0 radical (unpaired) electrons. The smallest absolute Gasteiger partial charge is 0.258 e. The SMILES string of the molecule is Cc1ccc(C(=O)N(c2ccc(F)cc2)[C@@H]2C=CS(=O)(=O)C2)cc1C. The lowest BCUT2D eigenvalue weighted by atomic mass is 10.0. The number of anilines is 1. The summed E-state index contributed by atoms with van der Waals surface area (Å²) in [5.74, 6) is -0.917. The molecule has 1 amide bonds. The number of aryl methyl sites for hydroxylation is 2. The quantitative estimate of drug-likeness (QED) is 0.844. The molecule has 2 aromatic carbocycles. The van der Waals surface area contributed by atoms with Gasteiger partial charge in [0.15, 0.2) is 9.84 Å². The van der Waals surface area contributed by atoms with Crippen LogP contribution in [0.5, 0.6) is 0 Å². The lowest BCUT2D eigenvalue weighted by Gasteiger charge is -2.28. The average Bonchev–Trinajstić information content (AvgIpc) is 2.91. The van der Waals surface area contributed by atoms with Crippen LogP contribution in [0.25, 0.3) is 0 Å². The number of amides is 1. The molecule has 0 saturated carbocycles. The van der Waals surface area contributed by atoms with E-state index in [-0.39, 0.29) is 11.7 Å². The van der Waals surface area contributed by atoms with E-state index in [1.807, 2.05) is 19.9 Å². The molecule has 1 aliphatic heterocycles. The van der Waals surface area contributed by atoms with Gasteiger partial charge >= 0.3 is 0 Å². The molecule has 1 aliphatic rings. The largest absolute Gasteiger partial charge is 0.300 e. The van der Waals surface area contributed by atoms with Crippen LogP contribution in [-0.2, 0) is 9.84 Å². The van der Waals surface area contributed by atoms with Gasteiger partial charge in [-0.3, -0.25) is 4.79 Å². The second-order valence-electron chi connectivity index (χ2n) is 6.18. The predicted octanol–water partition coefficient (Wildman–Crippen LogP) is 3.40. The normalized spacial score (nSPS) is 18.3. The standard InChI is InChI=1S/C19H18FNO3S/c1-13-3-4-15(11-14(13)2)19(22)21(17-7-5-16(20)6-8-17)18-9-10-25(23,24)12-18/h3-11,18H,12H2,1-2H3/t18-/m1/s1. The Hall–Kier alpha value is -2.47. The van der Waals surface area contributed by atoms with Gasteiger partial charge in [-0.05, 0) is 67.4 Å². The second kappa shape index (κ2) is 6.44. The molecular formula is C19H18FNO3S. The Morgan fingerprint density at radius 2 is 1.76 bits per heavy atom. The fourth-order valence-corrected chi connectivity index (χ4v) is 4.06. The Kier molecular flexibility index (Phi) is 4.47. The minimum atomic E-state index is -3.34. The molecule has 25 heavy (non-hydrogen) atoms. The summed E-state index contributed by atoms with van der Waals surface area (Å²) in [7, 11) is -3.34. The van der Waals surface area contributed by atoms with Crippen LogP contribution in [0.2, 0.25) is 0 Å². The summed E-state index contributed by atoms with van der Waals surface area (Å²) < 4.78 is 36.9. The van der Waals surface area contributed by atoms with Crippen molar-refractivity contribution in [2.75, 3.05) is 10.7 Å². The molecular weight excluding hydrogens is 341 g/mol. The number of hydrogen-bond donors (Lipinski definition) is 0. The summed E-state index contributed by atoms with van der Waals surface area (Å²) >= 11 is 0. The zero-order valence-electron chi connectivity index (χ0n) is 13.9. The number of halogens is 1. The van der Waals surface area contributed by atoms with Gasteiger partial charge in [0.05, 0.1) is 11.8 Å². The molecule has 4 nitrogen and oxygen atoms in total. The summed E-state index contributed by atoms with van der Waals surface area (Å²) in [5, 5.41) is 1.13. The van der Waals surface area contributed by atoms with Crippen molar-refractivity contribution in [2.45, 2.75) is 19.9 Å². The Balaban J connectivity index is 2.04. The van der Waals surface area contributed by atoms with E-state index in [2.05, 4.69) is 0 Å². The van der Waals surface area contributed by atoms with Gasteiger partial charge in [0.1, 0.15) is 5.82 Å². The Morgan fingerprint density at radius 1 is 1.08 bits per heavy atom. The third-order valence-corrected chi connectivity index (χ3v) is 5.70. The van der Waals surface area contributed by atoms with E-state index in [1.165, 1.54) is 35.2 Å². The number of sulfone groups is 1. The van der Waals surface area contributed by atoms with Crippen molar-refractivity contribution in [3.8, 4) is 0 Å². The zero-order chi connectivity index (χ0) is 18.2. The highest BCUT2D eigenvalue weighted by Crippen LogP contribution is 2.26. The summed E-state index contributed by atoms with van der Waals surface area (Å²) in [6.45, 7) is 3.86. The molecule has 6 heteroatoms. The minimum Gasteiger partial charge on any atom is -0.300 e. The van der Waals surface area contributed by atoms with Crippen molar-refractivity contribution in [2.24, 2.45) is 0 Å². The lowest BCUT2D eigenvalue weighted by Crippen LogP contribution is -2.41. The molecule has 0 N–H and O–H groups in total. The first-order valence-electron chi connectivity index (χ1n) is 7.84. The molecule has 3 rings (SSSR count). The Labute approximate surface area is 146 Å². The van der Waals surface area contributed by atoms with Crippen LogP contribution in [0.15, 0.2) is 53.9 Å². The van der Waals surface area contributed by atoms with Crippen LogP contribution in [0.1, 0.15) is 21.5 Å². The highest BCUT2D eigenvalue weighted by atomic mass is 32.2. The maximum Gasteiger partial charge on any atom is 0.258 e. The van der Waals surface area contributed by atoms with E-state index >= 15 is 0 Å². The van der Waals surface area contributed by atoms with Crippen LogP contribution < -0.4 is 4.90 Å². The van der Waals surface area contributed by atoms with Crippen LogP contribution in [0.3, 0.4) is 0 Å². The maximum atomic E-state index is 13.3. The third kappa shape index (κ3) is 3.64. The van der Waals surface area contributed by atoms with E-state index in [1.54, 1.807) is 12.1 Å². The molecule has 0 fully saturated rings. The Bertz CT molecular complexity index is 949. The van der Waals surface area contributed by atoms with Gasteiger partial charge in [-0.25, -0.2) is 12.8 Å². The van der Waals surface area contributed by atoms with Gasteiger partial charge in [0.2, 0.25) is 0 Å². The number of carbonyl (C=O) groups excluding carboxylic acids is 1. The van der Waals surface area contributed by atoms with Gasteiger partial charge in [0, 0.05) is 16.7 Å². The topological polar surface area (TPSA) is 54.5 Å².